The van der Waals surface area contributed by atoms with E-state index in [0.717, 1.165) is 11.1 Å². The van der Waals surface area contributed by atoms with Gasteiger partial charge in [-0.25, -0.2) is 0 Å². The molecule has 3 nitrogen and oxygen atoms in total. The fourth-order valence-corrected chi connectivity index (χ4v) is 2.15. The fourth-order valence-electron chi connectivity index (χ4n) is 1.67. The van der Waals surface area contributed by atoms with Crippen molar-refractivity contribution >= 4 is 17.6 Å². The Hall–Kier alpha value is -1.22. The Labute approximate surface area is 100.0 Å². The summed E-state index contributed by atoms with van der Waals surface area (Å²) in [6, 6.07) is 3.74. The zero-order chi connectivity index (χ0) is 12.3. The minimum atomic E-state index is -0.830. The first-order chi connectivity index (χ1) is 7.47. The smallest absolute Gasteiger partial charge is 0.303 e. The topological polar surface area (TPSA) is 46.5 Å². The molecule has 88 valence electrons. The molecule has 0 spiro atoms. The first-order valence-corrected chi connectivity index (χ1v) is 5.40. The molecule has 0 fully saturated rings. The van der Waals surface area contributed by atoms with Gasteiger partial charge in [-0.3, -0.25) is 4.79 Å². The third-order valence-corrected chi connectivity index (χ3v) is 2.93. The van der Waals surface area contributed by atoms with Crippen molar-refractivity contribution in [1.29, 1.82) is 0 Å². The molecular weight excluding hydrogens is 228 g/mol. The van der Waals surface area contributed by atoms with E-state index in [1.807, 2.05) is 26.0 Å². The normalized spacial score (nSPS) is 12.2. The van der Waals surface area contributed by atoms with E-state index < -0.39 is 5.97 Å². The van der Waals surface area contributed by atoms with Crippen LogP contribution >= 0.6 is 11.6 Å². The van der Waals surface area contributed by atoms with Gasteiger partial charge in [-0.05, 0) is 24.0 Å². The number of methoxy groups -OCH3 is 1. The molecule has 0 aliphatic carbocycles. The Morgan fingerprint density at radius 3 is 2.69 bits per heavy atom. The minimum absolute atomic E-state index is 0.0614. The SMILES string of the molecule is COc1c(C)ccc(C(C)CC(=O)O)c1Cl. The van der Waals surface area contributed by atoms with Gasteiger partial charge >= 0.3 is 5.97 Å². The maximum Gasteiger partial charge on any atom is 0.303 e. The molecule has 0 heterocycles. The van der Waals surface area contributed by atoms with Crippen molar-refractivity contribution in [3.63, 3.8) is 0 Å². The molecule has 16 heavy (non-hydrogen) atoms. The van der Waals surface area contributed by atoms with Crippen LogP contribution in [0.1, 0.15) is 30.4 Å². The molecule has 0 aromatic heterocycles. The maximum absolute atomic E-state index is 10.6. The van der Waals surface area contributed by atoms with Gasteiger partial charge < -0.3 is 9.84 Å². The van der Waals surface area contributed by atoms with Gasteiger partial charge in [0, 0.05) is 0 Å². The number of rotatable bonds is 4. The van der Waals surface area contributed by atoms with Crippen LogP contribution in [0.2, 0.25) is 5.02 Å². The number of halogens is 1. The van der Waals surface area contributed by atoms with E-state index >= 15 is 0 Å². The number of aryl methyl sites for hydroxylation is 1. The van der Waals surface area contributed by atoms with E-state index in [9.17, 15) is 4.79 Å². The van der Waals surface area contributed by atoms with Crippen LogP contribution in [0.5, 0.6) is 5.75 Å². The van der Waals surface area contributed by atoms with Crippen molar-refractivity contribution in [2.24, 2.45) is 0 Å². The third kappa shape index (κ3) is 2.67. The van der Waals surface area contributed by atoms with Crippen molar-refractivity contribution in [3.05, 3.63) is 28.3 Å². The Bertz CT molecular complexity index is 401. The molecule has 1 unspecified atom stereocenters. The van der Waals surface area contributed by atoms with Crippen LogP contribution in [0.3, 0.4) is 0 Å². The minimum Gasteiger partial charge on any atom is -0.495 e. The van der Waals surface area contributed by atoms with Crippen molar-refractivity contribution in [3.8, 4) is 5.75 Å². The molecular formula is C12H15ClO3. The third-order valence-electron chi connectivity index (χ3n) is 2.54. The van der Waals surface area contributed by atoms with Gasteiger partial charge in [0.15, 0.2) is 0 Å². The van der Waals surface area contributed by atoms with Crippen LogP contribution in [0, 0.1) is 6.92 Å². The molecule has 1 rings (SSSR count). The van der Waals surface area contributed by atoms with Crippen LogP contribution in [0.15, 0.2) is 12.1 Å². The highest BCUT2D eigenvalue weighted by Gasteiger charge is 2.17. The lowest BCUT2D eigenvalue weighted by atomic mass is 9.96. The Morgan fingerprint density at radius 2 is 2.19 bits per heavy atom. The molecule has 1 N–H and O–H groups in total. The van der Waals surface area contributed by atoms with E-state index in [4.69, 9.17) is 21.4 Å². The molecule has 1 aromatic rings. The van der Waals surface area contributed by atoms with Crippen LogP contribution in [-0.2, 0) is 4.79 Å². The van der Waals surface area contributed by atoms with Crippen LogP contribution in [-0.4, -0.2) is 18.2 Å². The fraction of sp³-hybridized carbons (Fsp3) is 0.417. The lowest BCUT2D eigenvalue weighted by molar-refractivity contribution is -0.137. The summed E-state index contributed by atoms with van der Waals surface area (Å²) in [5.41, 5.74) is 1.75. The van der Waals surface area contributed by atoms with Gasteiger partial charge in [-0.1, -0.05) is 30.7 Å². The maximum atomic E-state index is 10.6. The molecule has 0 saturated heterocycles. The molecule has 1 aromatic carbocycles. The van der Waals surface area contributed by atoms with Gasteiger partial charge in [0.2, 0.25) is 0 Å². The zero-order valence-electron chi connectivity index (χ0n) is 9.58. The molecule has 0 aliphatic heterocycles. The molecule has 0 bridgehead atoms. The molecule has 0 amide bonds. The Balaban J connectivity index is 3.10. The summed E-state index contributed by atoms with van der Waals surface area (Å²) >= 11 is 6.17. The number of carboxylic acid groups (broad SMARTS) is 1. The first-order valence-electron chi connectivity index (χ1n) is 5.02. The summed E-state index contributed by atoms with van der Waals surface area (Å²) in [7, 11) is 1.56. The summed E-state index contributed by atoms with van der Waals surface area (Å²) in [4.78, 5) is 10.6. The van der Waals surface area contributed by atoms with E-state index in [0.29, 0.717) is 10.8 Å². The predicted molar refractivity (Wildman–Crippen MR) is 63.4 cm³/mol. The number of hydrogen-bond donors (Lipinski definition) is 1. The first kappa shape index (κ1) is 12.8. The highest BCUT2D eigenvalue weighted by Crippen LogP contribution is 2.36. The average molecular weight is 243 g/mol. The highest BCUT2D eigenvalue weighted by molar-refractivity contribution is 6.33. The van der Waals surface area contributed by atoms with Gasteiger partial charge in [0.05, 0.1) is 18.6 Å². The number of aliphatic carboxylic acids is 1. The quantitative estimate of drug-likeness (QED) is 0.882. The monoisotopic (exact) mass is 242 g/mol. The second kappa shape index (κ2) is 5.21. The van der Waals surface area contributed by atoms with Crippen molar-refractivity contribution in [1.82, 2.24) is 0 Å². The summed E-state index contributed by atoms with van der Waals surface area (Å²) in [6.07, 6.45) is 0.0614. The molecule has 0 radical (unpaired) electrons. The number of benzene rings is 1. The van der Waals surface area contributed by atoms with E-state index in [-0.39, 0.29) is 12.3 Å². The Kier molecular flexibility index (Phi) is 4.19. The van der Waals surface area contributed by atoms with Gasteiger partial charge in [0.1, 0.15) is 5.75 Å². The second-order valence-corrected chi connectivity index (χ2v) is 4.20. The number of hydrogen-bond acceptors (Lipinski definition) is 2. The summed E-state index contributed by atoms with van der Waals surface area (Å²) < 4.78 is 5.19. The lowest BCUT2D eigenvalue weighted by Crippen LogP contribution is -2.04. The number of carboxylic acids is 1. The summed E-state index contributed by atoms with van der Waals surface area (Å²) in [5.74, 6) is -0.334. The highest BCUT2D eigenvalue weighted by atomic mass is 35.5. The molecule has 0 aliphatic rings. The van der Waals surface area contributed by atoms with Gasteiger partial charge in [0.25, 0.3) is 0 Å². The zero-order valence-corrected chi connectivity index (χ0v) is 10.3. The molecule has 0 saturated carbocycles. The Morgan fingerprint density at radius 1 is 1.56 bits per heavy atom. The van der Waals surface area contributed by atoms with Gasteiger partial charge in [-0.2, -0.15) is 0 Å². The van der Waals surface area contributed by atoms with Crippen molar-refractivity contribution in [2.45, 2.75) is 26.2 Å². The average Bonchev–Trinajstić information content (AvgIpc) is 2.17. The standard InChI is InChI=1S/C12H15ClO3/c1-7-4-5-9(8(2)6-10(14)15)11(13)12(7)16-3/h4-5,8H,6H2,1-3H3,(H,14,15). The van der Waals surface area contributed by atoms with Crippen LogP contribution in [0.4, 0.5) is 0 Å². The number of ether oxygens (including phenoxy) is 1. The number of carbonyl (C=O) groups is 1. The van der Waals surface area contributed by atoms with Gasteiger partial charge in [-0.15, -0.1) is 0 Å². The lowest BCUT2D eigenvalue weighted by Gasteiger charge is -2.15. The van der Waals surface area contributed by atoms with Crippen molar-refractivity contribution < 1.29 is 14.6 Å². The summed E-state index contributed by atoms with van der Waals surface area (Å²) in [6.45, 7) is 3.74. The van der Waals surface area contributed by atoms with E-state index in [2.05, 4.69) is 0 Å². The largest absolute Gasteiger partial charge is 0.495 e. The van der Waals surface area contributed by atoms with Crippen LogP contribution < -0.4 is 4.74 Å². The summed E-state index contributed by atoms with van der Waals surface area (Å²) in [5, 5.41) is 9.25. The van der Waals surface area contributed by atoms with E-state index in [1.54, 1.807) is 7.11 Å². The van der Waals surface area contributed by atoms with Crippen molar-refractivity contribution in [2.75, 3.05) is 7.11 Å². The molecule has 1 atom stereocenters. The molecule has 4 heteroatoms. The predicted octanol–water partition coefficient (Wildman–Crippen LogP) is 3.24. The second-order valence-electron chi connectivity index (χ2n) is 3.82. The van der Waals surface area contributed by atoms with Crippen LogP contribution in [0.25, 0.3) is 0 Å². The van der Waals surface area contributed by atoms with E-state index in [1.165, 1.54) is 0 Å².